The molecule has 4 rings (SSSR count). The first-order valence-corrected chi connectivity index (χ1v) is 13.7. The standard InChI is InChI=1S/C16H25NO.C15H24N2O/c1-13(2)17-12-16(3)9-15(16)11-18-10-14-7-5-4-6-8-14;1-12(2)17-11-15(16)8-14(15)10-18-9-13-6-4-3-5-7-13/h4-8,13,15,17H,9-12H2,1-3H3;3-7,12,14,17H,8-11,16H2,1-2H3/t15-,16-;14-,15+/m00/s1. The van der Waals surface area contributed by atoms with Crippen molar-refractivity contribution < 1.29 is 9.47 Å². The van der Waals surface area contributed by atoms with Gasteiger partial charge in [-0.2, -0.15) is 0 Å². The summed E-state index contributed by atoms with van der Waals surface area (Å²) in [6.07, 6.45) is 2.36. The molecule has 4 N–H and O–H groups in total. The second-order valence-corrected chi connectivity index (χ2v) is 11.8. The summed E-state index contributed by atoms with van der Waals surface area (Å²) in [7, 11) is 0. The fourth-order valence-electron chi connectivity index (χ4n) is 4.44. The molecule has 2 saturated carbocycles. The highest BCUT2D eigenvalue weighted by Crippen LogP contribution is 2.51. The Labute approximate surface area is 219 Å². The van der Waals surface area contributed by atoms with Crippen LogP contribution in [0.3, 0.4) is 0 Å². The van der Waals surface area contributed by atoms with Crippen molar-refractivity contribution in [2.24, 2.45) is 23.0 Å². The van der Waals surface area contributed by atoms with Crippen molar-refractivity contribution >= 4 is 0 Å². The number of benzene rings is 2. The van der Waals surface area contributed by atoms with Crippen LogP contribution in [0.5, 0.6) is 0 Å². The monoisotopic (exact) mass is 495 g/mol. The highest BCUT2D eigenvalue weighted by Gasteiger charge is 2.50. The van der Waals surface area contributed by atoms with Crippen LogP contribution in [0.4, 0.5) is 0 Å². The van der Waals surface area contributed by atoms with E-state index in [1.165, 1.54) is 17.5 Å². The maximum absolute atomic E-state index is 6.28. The summed E-state index contributed by atoms with van der Waals surface area (Å²) in [4.78, 5) is 0. The lowest BCUT2D eigenvalue weighted by molar-refractivity contribution is 0.102. The summed E-state index contributed by atoms with van der Waals surface area (Å²) in [5.74, 6) is 1.24. The predicted molar refractivity (Wildman–Crippen MR) is 150 cm³/mol. The smallest absolute Gasteiger partial charge is 0.0717 e. The number of rotatable bonds is 14. The van der Waals surface area contributed by atoms with Gasteiger partial charge in [0.1, 0.15) is 0 Å². The molecule has 200 valence electrons. The third-order valence-electron chi connectivity index (χ3n) is 7.43. The highest BCUT2D eigenvalue weighted by molar-refractivity contribution is 5.14. The van der Waals surface area contributed by atoms with Gasteiger partial charge in [-0.05, 0) is 35.3 Å². The van der Waals surface area contributed by atoms with Gasteiger partial charge in [0.25, 0.3) is 0 Å². The van der Waals surface area contributed by atoms with Crippen molar-refractivity contribution in [3.05, 3.63) is 71.8 Å². The zero-order valence-electron chi connectivity index (χ0n) is 23.1. The van der Waals surface area contributed by atoms with E-state index in [4.69, 9.17) is 15.2 Å². The number of hydrogen-bond acceptors (Lipinski definition) is 5. The Morgan fingerprint density at radius 2 is 1.22 bits per heavy atom. The Morgan fingerprint density at radius 3 is 1.72 bits per heavy atom. The molecule has 2 fully saturated rings. The molecule has 2 aliphatic rings. The molecule has 2 aromatic rings. The van der Waals surface area contributed by atoms with E-state index < -0.39 is 0 Å². The predicted octanol–water partition coefficient (Wildman–Crippen LogP) is 5.15. The zero-order chi connectivity index (χ0) is 26.0. The number of hydrogen-bond donors (Lipinski definition) is 3. The highest BCUT2D eigenvalue weighted by atomic mass is 16.5. The van der Waals surface area contributed by atoms with Crippen LogP contribution in [0, 0.1) is 17.3 Å². The Kier molecular flexibility index (Phi) is 11.0. The molecule has 0 radical (unpaired) electrons. The molecule has 0 amide bonds. The van der Waals surface area contributed by atoms with Gasteiger partial charge >= 0.3 is 0 Å². The summed E-state index contributed by atoms with van der Waals surface area (Å²) in [5, 5.41) is 6.94. The minimum absolute atomic E-state index is 0.0407. The molecular formula is C31H49N3O2. The van der Waals surface area contributed by atoms with Crippen molar-refractivity contribution in [2.45, 2.75) is 78.3 Å². The second kappa shape index (κ2) is 13.7. The fraction of sp³-hybridized carbons (Fsp3) is 0.613. The van der Waals surface area contributed by atoms with Crippen molar-refractivity contribution in [2.75, 3.05) is 26.3 Å². The molecule has 0 spiro atoms. The van der Waals surface area contributed by atoms with E-state index in [1.807, 2.05) is 24.3 Å². The van der Waals surface area contributed by atoms with E-state index in [0.717, 1.165) is 45.2 Å². The van der Waals surface area contributed by atoms with Gasteiger partial charge in [0.2, 0.25) is 0 Å². The van der Waals surface area contributed by atoms with Crippen molar-refractivity contribution in [3.63, 3.8) is 0 Å². The van der Waals surface area contributed by atoms with Crippen LogP contribution < -0.4 is 16.4 Å². The SMILES string of the molecule is CC(C)NC[C@]1(C)C[C@H]1COCc1ccccc1.CC(C)NC[C@]1(N)C[C@H]1COCc1ccccc1. The largest absolute Gasteiger partial charge is 0.376 e. The molecule has 2 aliphatic carbocycles. The lowest BCUT2D eigenvalue weighted by Gasteiger charge is -2.15. The maximum atomic E-state index is 6.28. The van der Waals surface area contributed by atoms with E-state index in [2.05, 4.69) is 81.7 Å². The van der Waals surface area contributed by atoms with E-state index in [9.17, 15) is 0 Å². The zero-order valence-corrected chi connectivity index (χ0v) is 23.1. The minimum atomic E-state index is -0.0407. The second-order valence-electron chi connectivity index (χ2n) is 11.8. The van der Waals surface area contributed by atoms with Crippen LogP contribution in [0.2, 0.25) is 0 Å². The third kappa shape index (κ3) is 9.95. The number of nitrogens with two attached hydrogens (primary N) is 1. The van der Waals surface area contributed by atoms with Gasteiger partial charge in [0.15, 0.2) is 0 Å². The van der Waals surface area contributed by atoms with Crippen molar-refractivity contribution in [1.29, 1.82) is 0 Å². The fourth-order valence-corrected chi connectivity index (χ4v) is 4.44. The molecule has 0 aliphatic heterocycles. The topological polar surface area (TPSA) is 68.5 Å². The first kappa shape index (κ1) is 28.8. The van der Waals surface area contributed by atoms with E-state index >= 15 is 0 Å². The normalized spacial score (nSPS) is 26.6. The molecule has 0 bridgehead atoms. The summed E-state index contributed by atoms with van der Waals surface area (Å²) in [5.41, 5.74) is 9.18. The van der Waals surface area contributed by atoms with E-state index in [-0.39, 0.29) is 5.54 Å². The molecule has 4 atom stereocenters. The summed E-state index contributed by atoms with van der Waals surface area (Å²) < 4.78 is 11.6. The van der Waals surface area contributed by atoms with Gasteiger partial charge in [-0.15, -0.1) is 0 Å². The van der Waals surface area contributed by atoms with Crippen LogP contribution in [0.1, 0.15) is 58.6 Å². The third-order valence-corrected chi connectivity index (χ3v) is 7.43. The molecule has 0 aromatic heterocycles. The Balaban J connectivity index is 0.000000201. The molecule has 5 nitrogen and oxygen atoms in total. The van der Waals surface area contributed by atoms with Crippen molar-refractivity contribution in [3.8, 4) is 0 Å². The van der Waals surface area contributed by atoms with Crippen LogP contribution in [0.25, 0.3) is 0 Å². The molecule has 2 aromatic carbocycles. The first-order chi connectivity index (χ1) is 17.2. The van der Waals surface area contributed by atoms with E-state index in [0.29, 0.717) is 30.0 Å². The van der Waals surface area contributed by atoms with Gasteiger partial charge in [0.05, 0.1) is 26.4 Å². The average molecular weight is 496 g/mol. The van der Waals surface area contributed by atoms with Crippen LogP contribution in [0.15, 0.2) is 60.7 Å². The number of ether oxygens (including phenoxy) is 2. The van der Waals surface area contributed by atoms with Crippen LogP contribution in [-0.4, -0.2) is 43.9 Å². The lowest BCUT2D eigenvalue weighted by Crippen LogP contribution is -2.41. The van der Waals surface area contributed by atoms with E-state index in [1.54, 1.807) is 0 Å². The quantitative estimate of drug-likeness (QED) is 0.338. The van der Waals surface area contributed by atoms with Gasteiger partial charge in [-0.3, -0.25) is 0 Å². The molecule has 0 saturated heterocycles. The summed E-state index contributed by atoms with van der Waals surface area (Å²) >= 11 is 0. The van der Waals surface area contributed by atoms with Gasteiger partial charge in [-0.1, -0.05) is 95.3 Å². The van der Waals surface area contributed by atoms with Crippen LogP contribution >= 0.6 is 0 Å². The maximum Gasteiger partial charge on any atom is 0.0717 e. The molecule has 5 heteroatoms. The van der Waals surface area contributed by atoms with Gasteiger partial charge in [-0.25, -0.2) is 0 Å². The van der Waals surface area contributed by atoms with Gasteiger partial charge < -0.3 is 25.8 Å². The average Bonchev–Trinajstić information content (AvgIpc) is 3.73. The van der Waals surface area contributed by atoms with Gasteiger partial charge in [0, 0.05) is 36.6 Å². The molecule has 0 heterocycles. The Morgan fingerprint density at radius 1 is 0.750 bits per heavy atom. The molecule has 36 heavy (non-hydrogen) atoms. The molecule has 0 unspecified atom stereocenters. The Bertz CT molecular complexity index is 802. The Hall–Kier alpha value is -1.76. The molecular weight excluding hydrogens is 446 g/mol. The minimum Gasteiger partial charge on any atom is -0.376 e. The number of nitrogens with one attached hydrogen (secondary N) is 2. The lowest BCUT2D eigenvalue weighted by atomic mass is 10.1. The summed E-state index contributed by atoms with van der Waals surface area (Å²) in [6, 6.07) is 21.7. The first-order valence-electron chi connectivity index (χ1n) is 13.7. The van der Waals surface area contributed by atoms with Crippen molar-refractivity contribution in [1.82, 2.24) is 10.6 Å². The van der Waals surface area contributed by atoms with Crippen LogP contribution in [-0.2, 0) is 22.7 Å². The summed E-state index contributed by atoms with van der Waals surface area (Å²) in [6.45, 7) is 16.2.